The molecule has 2 heterocycles. The maximum absolute atomic E-state index is 6.09. The minimum atomic E-state index is 0.611. The third-order valence-corrected chi connectivity index (χ3v) is 8.58. The highest BCUT2D eigenvalue weighted by Crippen LogP contribution is 2.36. The van der Waals surface area contributed by atoms with Crippen molar-refractivity contribution in [1.82, 2.24) is 0 Å². The van der Waals surface area contributed by atoms with E-state index in [4.69, 9.17) is 9.47 Å². The van der Waals surface area contributed by atoms with Crippen LogP contribution < -0.4 is 19.3 Å². The van der Waals surface area contributed by atoms with Crippen LogP contribution in [0.1, 0.15) is 44.5 Å². The summed E-state index contributed by atoms with van der Waals surface area (Å²) in [6.45, 7) is 3.05. The second-order valence-electron chi connectivity index (χ2n) is 10.9. The van der Waals surface area contributed by atoms with Gasteiger partial charge in [-0.25, -0.2) is 0 Å². The first kappa shape index (κ1) is 21.2. The molecule has 0 bridgehead atoms. The van der Waals surface area contributed by atoms with Crippen molar-refractivity contribution < 1.29 is 9.47 Å². The number of hydrogen-bond acceptors (Lipinski definition) is 4. The summed E-state index contributed by atoms with van der Waals surface area (Å²) in [7, 11) is 0. The molecular weight excluding hydrogens is 456 g/mol. The molecule has 4 nitrogen and oxygen atoms in total. The Labute approximate surface area is 218 Å². The Kier molecular flexibility index (Phi) is 4.76. The highest BCUT2D eigenvalue weighted by molar-refractivity contribution is 5.56. The molecule has 0 spiro atoms. The third-order valence-electron chi connectivity index (χ3n) is 8.58. The highest BCUT2D eigenvalue weighted by atomic mass is 16.5. The van der Waals surface area contributed by atoms with E-state index in [1.165, 1.54) is 81.6 Å². The molecule has 0 aromatic heterocycles. The van der Waals surface area contributed by atoms with Crippen molar-refractivity contribution in [3.8, 4) is 11.5 Å². The molecule has 8 rings (SSSR count). The minimum absolute atomic E-state index is 0.611. The summed E-state index contributed by atoms with van der Waals surface area (Å²) < 4.78 is 12.2. The summed E-state index contributed by atoms with van der Waals surface area (Å²) in [6.07, 6.45) is 5.74. The quantitative estimate of drug-likeness (QED) is 0.344. The Morgan fingerprint density at radius 2 is 0.892 bits per heavy atom. The molecule has 4 heteroatoms. The van der Waals surface area contributed by atoms with Crippen molar-refractivity contribution in [1.29, 1.82) is 0 Å². The topological polar surface area (TPSA) is 24.9 Å². The van der Waals surface area contributed by atoms with Gasteiger partial charge in [-0.15, -0.1) is 0 Å². The van der Waals surface area contributed by atoms with Crippen LogP contribution in [-0.4, -0.2) is 13.5 Å². The molecule has 0 fully saturated rings. The van der Waals surface area contributed by atoms with Gasteiger partial charge in [-0.1, -0.05) is 36.4 Å². The standard InChI is InChI=1S/C33H30N2O2/c1-9-30(34-18-28-14-24-5-7-26(24)16-32(28)36-20-34)10-2-22(1)13-23-3-11-31(12-4-23)35-19-29-15-25-6-8-27(25)17-33(29)37-21-35/h1-4,9-12,14-17H,5-8,13,18-21H2. The number of fused-ring (bicyclic) bond motifs is 4. The summed E-state index contributed by atoms with van der Waals surface area (Å²) in [6, 6.07) is 27.1. The zero-order valence-corrected chi connectivity index (χ0v) is 21.0. The lowest BCUT2D eigenvalue weighted by Gasteiger charge is -2.33. The molecule has 4 aromatic rings. The lowest BCUT2D eigenvalue weighted by Crippen LogP contribution is -2.32. The van der Waals surface area contributed by atoms with Crippen LogP contribution in [0.25, 0.3) is 0 Å². The average Bonchev–Trinajstić information content (AvgIpc) is 2.91. The van der Waals surface area contributed by atoms with Gasteiger partial charge in [0.15, 0.2) is 13.5 Å². The summed E-state index contributed by atoms with van der Waals surface area (Å²) in [5.41, 5.74) is 13.6. The van der Waals surface area contributed by atoms with Crippen LogP contribution in [-0.2, 0) is 45.2 Å². The first-order chi connectivity index (χ1) is 18.2. The fourth-order valence-corrected chi connectivity index (χ4v) is 6.08. The Morgan fingerprint density at radius 3 is 1.30 bits per heavy atom. The largest absolute Gasteiger partial charge is 0.473 e. The van der Waals surface area contributed by atoms with Gasteiger partial charge in [0.2, 0.25) is 0 Å². The lowest BCUT2D eigenvalue weighted by atomic mass is 9.86. The van der Waals surface area contributed by atoms with Crippen molar-refractivity contribution in [3.05, 3.63) is 117 Å². The van der Waals surface area contributed by atoms with Crippen molar-refractivity contribution in [2.45, 2.75) is 45.2 Å². The molecule has 0 saturated heterocycles. The molecule has 0 radical (unpaired) electrons. The van der Waals surface area contributed by atoms with Gasteiger partial charge < -0.3 is 19.3 Å². The zero-order valence-electron chi connectivity index (χ0n) is 21.0. The van der Waals surface area contributed by atoms with E-state index < -0.39 is 0 Å². The van der Waals surface area contributed by atoms with Crippen LogP contribution in [0.4, 0.5) is 11.4 Å². The molecule has 0 amide bonds. The van der Waals surface area contributed by atoms with Crippen molar-refractivity contribution in [2.75, 3.05) is 23.3 Å². The normalized spacial score (nSPS) is 16.8. The maximum Gasteiger partial charge on any atom is 0.161 e. The second kappa shape index (κ2) is 8.31. The van der Waals surface area contributed by atoms with Gasteiger partial charge in [-0.3, -0.25) is 0 Å². The molecule has 0 unspecified atom stereocenters. The van der Waals surface area contributed by atoms with Crippen LogP contribution in [0.5, 0.6) is 11.5 Å². The summed E-state index contributed by atoms with van der Waals surface area (Å²) in [4.78, 5) is 4.63. The van der Waals surface area contributed by atoms with Gasteiger partial charge in [0.05, 0.1) is 0 Å². The monoisotopic (exact) mass is 486 g/mol. The van der Waals surface area contributed by atoms with E-state index >= 15 is 0 Å². The SMILES string of the molecule is c1cc(N2COc3cc4c(cc3C2)CC4)ccc1Cc1ccc(N2COc3cc4c(cc3C2)CC4)cc1. The van der Waals surface area contributed by atoms with Crippen molar-refractivity contribution in [2.24, 2.45) is 0 Å². The van der Waals surface area contributed by atoms with E-state index in [1.807, 2.05) is 0 Å². The molecule has 0 saturated carbocycles. The van der Waals surface area contributed by atoms with Crippen LogP contribution in [0, 0.1) is 0 Å². The van der Waals surface area contributed by atoms with Crippen LogP contribution in [0.3, 0.4) is 0 Å². The first-order valence-electron chi connectivity index (χ1n) is 13.5. The van der Waals surface area contributed by atoms with Gasteiger partial charge in [0.25, 0.3) is 0 Å². The van der Waals surface area contributed by atoms with Crippen molar-refractivity contribution in [3.63, 3.8) is 0 Å². The van der Waals surface area contributed by atoms with Crippen molar-refractivity contribution >= 4 is 11.4 Å². The number of benzene rings is 4. The van der Waals surface area contributed by atoms with Gasteiger partial charge in [-0.2, -0.15) is 0 Å². The van der Waals surface area contributed by atoms with Gasteiger partial charge in [0.1, 0.15) is 11.5 Å². The fourth-order valence-electron chi connectivity index (χ4n) is 6.08. The van der Waals surface area contributed by atoms with E-state index in [-0.39, 0.29) is 0 Å². The number of aryl methyl sites for hydroxylation is 4. The molecule has 0 atom stereocenters. The lowest BCUT2D eigenvalue weighted by molar-refractivity contribution is 0.288. The number of hydrogen-bond donors (Lipinski definition) is 0. The molecule has 2 aliphatic heterocycles. The van der Waals surface area contributed by atoms with Gasteiger partial charge in [0, 0.05) is 35.6 Å². The maximum atomic E-state index is 6.09. The van der Waals surface area contributed by atoms with E-state index in [2.05, 4.69) is 82.6 Å². The summed E-state index contributed by atoms with van der Waals surface area (Å²) in [5, 5.41) is 0. The molecular formula is C33H30N2O2. The summed E-state index contributed by atoms with van der Waals surface area (Å²) in [5.74, 6) is 2.14. The third kappa shape index (κ3) is 3.74. The number of anilines is 2. The smallest absolute Gasteiger partial charge is 0.161 e. The van der Waals surface area contributed by atoms with E-state index in [1.54, 1.807) is 0 Å². The molecule has 184 valence electrons. The molecule has 37 heavy (non-hydrogen) atoms. The Hall–Kier alpha value is -3.92. The zero-order chi connectivity index (χ0) is 24.3. The Morgan fingerprint density at radius 1 is 0.486 bits per heavy atom. The number of rotatable bonds is 4. The minimum Gasteiger partial charge on any atom is -0.473 e. The predicted octanol–water partition coefficient (Wildman–Crippen LogP) is 6.19. The average molecular weight is 487 g/mol. The van der Waals surface area contributed by atoms with E-state index in [9.17, 15) is 0 Å². The highest BCUT2D eigenvalue weighted by Gasteiger charge is 2.24. The first-order valence-corrected chi connectivity index (χ1v) is 13.5. The van der Waals surface area contributed by atoms with Crippen LogP contribution in [0.15, 0.2) is 72.8 Å². The van der Waals surface area contributed by atoms with Crippen LogP contribution >= 0.6 is 0 Å². The molecule has 4 aromatic carbocycles. The van der Waals surface area contributed by atoms with Gasteiger partial charge in [-0.05, 0) is 102 Å². The van der Waals surface area contributed by atoms with E-state index in [0.717, 1.165) is 31.0 Å². The predicted molar refractivity (Wildman–Crippen MR) is 147 cm³/mol. The van der Waals surface area contributed by atoms with Crippen LogP contribution in [0.2, 0.25) is 0 Å². The summed E-state index contributed by atoms with van der Waals surface area (Å²) >= 11 is 0. The Balaban J connectivity index is 0.924. The number of ether oxygens (including phenoxy) is 2. The molecule has 2 aliphatic carbocycles. The van der Waals surface area contributed by atoms with Gasteiger partial charge >= 0.3 is 0 Å². The fraction of sp³-hybridized carbons (Fsp3) is 0.273. The second-order valence-corrected chi connectivity index (χ2v) is 10.9. The molecule has 0 N–H and O–H groups in total. The molecule has 4 aliphatic rings. The van der Waals surface area contributed by atoms with E-state index in [0.29, 0.717) is 13.5 Å². The number of nitrogens with zero attached hydrogens (tertiary/aromatic N) is 2. The Bertz CT molecular complexity index is 1390.